The van der Waals surface area contributed by atoms with Crippen molar-refractivity contribution in [3.63, 3.8) is 0 Å². The fourth-order valence-electron chi connectivity index (χ4n) is 2.33. The molecule has 1 aliphatic heterocycles. The molecule has 2 heterocycles. The second-order valence-electron chi connectivity index (χ2n) is 5.30. The maximum Gasteiger partial charge on any atom is 0.251 e. The molecule has 0 spiro atoms. The molecule has 21 heavy (non-hydrogen) atoms. The lowest BCUT2D eigenvalue weighted by molar-refractivity contribution is -0.0175. The highest BCUT2D eigenvalue weighted by Crippen LogP contribution is 2.11. The molecule has 6 nitrogen and oxygen atoms in total. The minimum absolute atomic E-state index is 0.0592. The summed E-state index contributed by atoms with van der Waals surface area (Å²) in [5.74, 6) is 0.633. The van der Waals surface area contributed by atoms with Gasteiger partial charge in [-0.05, 0) is 25.6 Å². The Morgan fingerprint density at radius 1 is 1.52 bits per heavy atom. The molecule has 2 N–H and O–H groups in total. The van der Waals surface area contributed by atoms with Gasteiger partial charge < -0.3 is 20.3 Å². The summed E-state index contributed by atoms with van der Waals surface area (Å²) < 4.78 is 5.64. The molecule has 1 fully saturated rings. The zero-order chi connectivity index (χ0) is 15.2. The molecule has 1 aromatic heterocycles. The monoisotopic (exact) mass is 292 g/mol. The van der Waals surface area contributed by atoms with Crippen molar-refractivity contribution < 1.29 is 9.53 Å². The van der Waals surface area contributed by atoms with E-state index in [-0.39, 0.29) is 12.0 Å². The molecule has 116 valence electrons. The number of pyridine rings is 1. The van der Waals surface area contributed by atoms with Crippen LogP contribution in [0.1, 0.15) is 23.0 Å². The Balaban J connectivity index is 1.96. The summed E-state index contributed by atoms with van der Waals surface area (Å²) in [6.07, 6.45) is 0.857. The molecule has 1 amide bonds. The number of ether oxygens (including phenoxy) is 1. The van der Waals surface area contributed by atoms with Gasteiger partial charge in [0.05, 0.1) is 12.7 Å². The SMILES string of the molecule is CCc1cc(C(=O)NCC2CN(C)CCO2)cc(NC)n1. The molecule has 0 bridgehead atoms. The molecule has 0 radical (unpaired) electrons. The Hall–Kier alpha value is -1.66. The van der Waals surface area contributed by atoms with Crippen LogP contribution in [0.15, 0.2) is 12.1 Å². The van der Waals surface area contributed by atoms with Gasteiger partial charge in [0.2, 0.25) is 0 Å². The second kappa shape index (κ2) is 7.38. The molecule has 6 heteroatoms. The van der Waals surface area contributed by atoms with Gasteiger partial charge in [-0.15, -0.1) is 0 Å². The van der Waals surface area contributed by atoms with Crippen molar-refractivity contribution >= 4 is 11.7 Å². The zero-order valence-corrected chi connectivity index (χ0v) is 13.0. The minimum atomic E-state index is -0.0829. The summed E-state index contributed by atoms with van der Waals surface area (Å²) in [6.45, 7) is 5.06. The number of rotatable bonds is 5. The van der Waals surface area contributed by atoms with Crippen LogP contribution in [0.25, 0.3) is 0 Å². The van der Waals surface area contributed by atoms with E-state index in [1.807, 2.05) is 13.0 Å². The lowest BCUT2D eigenvalue weighted by atomic mass is 10.1. The Morgan fingerprint density at radius 2 is 2.33 bits per heavy atom. The number of nitrogens with one attached hydrogen (secondary N) is 2. The summed E-state index contributed by atoms with van der Waals surface area (Å²) in [5.41, 5.74) is 1.54. The first-order valence-corrected chi connectivity index (χ1v) is 7.39. The number of carbonyl (C=O) groups is 1. The van der Waals surface area contributed by atoms with Crippen LogP contribution >= 0.6 is 0 Å². The van der Waals surface area contributed by atoms with Crippen molar-refractivity contribution in [3.05, 3.63) is 23.4 Å². The summed E-state index contributed by atoms with van der Waals surface area (Å²) in [5, 5.41) is 5.93. The van der Waals surface area contributed by atoms with Crippen molar-refractivity contribution in [2.45, 2.75) is 19.4 Å². The highest BCUT2D eigenvalue weighted by Gasteiger charge is 2.18. The Kier molecular flexibility index (Phi) is 5.52. The molecule has 0 aromatic carbocycles. The van der Waals surface area contributed by atoms with Gasteiger partial charge in [-0.3, -0.25) is 4.79 Å². The number of amides is 1. The van der Waals surface area contributed by atoms with E-state index in [0.717, 1.165) is 31.8 Å². The third-order valence-electron chi connectivity index (χ3n) is 3.59. The van der Waals surface area contributed by atoms with Gasteiger partial charge >= 0.3 is 0 Å². The number of hydrogen-bond donors (Lipinski definition) is 2. The predicted octanol–water partition coefficient (Wildman–Crippen LogP) is 0.746. The fourth-order valence-corrected chi connectivity index (χ4v) is 2.33. The molecule has 2 rings (SSSR count). The lowest BCUT2D eigenvalue weighted by Crippen LogP contribution is -2.45. The van der Waals surface area contributed by atoms with Crippen molar-refractivity contribution in [1.29, 1.82) is 0 Å². The average Bonchev–Trinajstić information content (AvgIpc) is 2.52. The molecule has 1 saturated heterocycles. The third kappa shape index (κ3) is 4.41. The molecular weight excluding hydrogens is 268 g/mol. The Morgan fingerprint density at radius 3 is 3.00 bits per heavy atom. The van der Waals surface area contributed by atoms with Crippen LogP contribution in [0.4, 0.5) is 5.82 Å². The summed E-state index contributed by atoms with van der Waals surface area (Å²) >= 11 is 0. The van der Waals surface area contributed by atoms with E-state index in [1.165, 1.54) is 0 Å². The number of hydrogen-bond acceptors (Lipinski definition) is 5. The highest BCUT2D eigenvalue weighted by molar-refractivity contribution is 5.95. The first-order valence-electron chi connectivity index (χ1n) is 7.39. The normalized spacial score (nSPS) is 19.3. The molecule has 1 atom stereocenters. The van der Waals surface area contributed by atoms with Crippen LogP contribution in [0.2, 0.25) is 0 Å². The van der Waals surface area contributed by atoms with Crippen molar-refractivity contribution in [2.24, 2.45) is 0 Å². The van der Waals surface area contributed by atoms with E-state index >= 15 is 0 Å². The maximum atomic E-state index is 12.3. The van der Waals surface area contributed by atoms with Crippen LogP contribution in [0, 0.1) is 0 Å². The number of nitrogens with zero attached hydrogens (tertiary/aromatic N) is 2. The quantitative estimate of drug-likeness (QED) is 0.838. The number of carbonyl (C=O) groups excluding carboxylic acids is 1. The number of anilines is 1. The fraction of sp³-hybridized carbons (Fsp3) is 0.600. The van der Waals surface area contributed by atoms with E-state index in [0.29, 0.717) is 17.9 Å². The average molecular weight is 292 g/mol. The number of likely N-dealkylation sites (N-methyl/N-ethyl adjacent to an activating group) is 1. The van der Waals surface area contributed by atoms with Crippen LogP contribution < -0.4 is 10.6 Å². The van der Waals surface area contributed by atoms with Gasteiger partial charge in [0.25, 0.3) is 5.91 Å². The van der Waals surface area contributed by atoms with Crippen LogP contribution in [0.5, 0.6) is 0 Å². The standard InChI is InChI=1S/C15H24N4O2/c1-4-12-7-11(8-14(16-2)18-12)15(20)17-9-13-10-19(3)5-6-21-13/h7-8,13H,4-6,9-10H2,1-3H3,(H,16,18)(H,17,20). The van der Waals surface area contributed by atoms with E-state index in [2.05, 4.69) is 27.6 Å². The first-order chi connectivity index (χ1) is 10.1. The molecule has 0 saturated carbocycles. The maximum absolute atomic E-state index is 12.3. The van der Waals surface area contributed by atoms with Crippen LogP contribution in [-0.2, 0) is 11.2 Å². The molecule has 0 aliphatic carbocycles. The topological polar surface area (TPSA) is 66.5 Å². The highest BCUT2D eigenvalue weighted by atomic mass is 16.5. The smallest absolute Gasteiger partial charge is 0.251 e. The van der Waals surface area contributed by atoms with E-state index in [1.54, 1.807) is 13.1 Å². The van der Waals surface area contributed by atoms with E-state index < -0.39 is 0 Å². The van der Waals surface area contributed by atoms with Gasteiger partial charge in [0.1, 0.15) is 5.82 Å². The van der Waals surface area contributed by atoms with Gasteiger partial charge in [-0.1, -0.05) is 6.92 Å². The summed E-state index contributed by atoms with van der Waals surface area (Å²) in [6, 6.07) is 3.60. The summed E-state index contributed by atoms with van der Waals surface area (Å²) in [7, 11) is 3.86. The van der Waals surface area contributed by atoms with Crippen LogP contribution in [0.3, 0.4) is 0 Å². The number of aromatic nitrogens is 1. The number of morpholine rings is 1. The molecular formula is C15H24N4O2. The van der Waals surface area contributed by atoms with Crippen molar-refractivity contribution in [2.75, 3.05) is 45.7 Å². The van der Waals surface area contributed by atoms with Crippen molar-refractivity contribution in [1.82, 2.24) is 15.2 Å². The third-order valence-corrected chi connectivity index (χ3v) is 3.59. The van der Waals surface area contributed by atoms with Gasteiger partial charge in [0.15, 0.2) is 0 Å². The van der Waals surface area contributed by atoms with Crippen molar-refractivity contribution in [3.8, 4) is 0 Å². The minimum Gasteiger partial charge on any atom is -0.374 e. The summed E-state index contributed by atoms with van der Waals surface area (Å²) in [4.78, 5) is 18.9. The second-order valence-corrected chi connectivity index (χ2v) is 5.30. The Bertz CT molecular complexity index is 470. The van der Waals surface area contributed by atoms with Crippen LogP contribution in [-0.4, -0.2) is 62.2 Å². The molecule has 1 aliphatic rings. The van der Waals surface area contributed by atoms with Gasteiger partial charge in [-0.25, -0.2) is 4.98 Å². The largest absolute Gasteiger partial charge is 0.374 e. The Labute approximate surface area is 125 Å². The van der Waals surface area contributed by atoms with Gasteiger partial charge in [-0.2, -0.15) is 0 Å². The lowest BCUT2D eigenvalue weighted by Gasteiger charge is -2.30. The van der Waals surface area contributed by atoms with Gasteiger partial charge in [0, 0.05) is 37.9 Å². The molecule has 1 aromatic rings. The zero-order valence-electron chi connectivity index (χ0n) is 13.0. The van der Waals surface area contributed by atoms with E-state index in [4.69, 9.17) is 4.74 Å². The first kappa shape index (κ1) is 15.7. The number of aryl methyl sites for hydroxylation is 1. The molecule has 1 unspecified atom stereocenters. The predicted molar refractivity (Wildman–Crippen MR) is 82.7 cm³/mol. The van der Waals surface area contributed by atoms with E-state index in [9.17, 15) is 4.79 Å².